The second kappa shape index (κ2) is 7.17. The van der Waals surface area contributed by atoms with Crippen molar-refractivity contribution < 1.29 is 0 Å². The van der Waals surface area contributed by atoms with Gasteiger partial charge in [-0.15, -0.1) is 25.3 Å². The molecule has 0 bridgehead atoms. The maximum Gasteiger partial charge on any atom is 0.0146 e. The van der Waals surface area contributed by atoms with Crippen LogP contribution in [0.4, 0.5) is 0 Å². The number of hydrogen-bond donors (Lipinski definition) is 2. The van der Waals surface area contributed by atoms with E-state index >= 15 is 0 Å². The van der Waals surface area contributed by atoms with Crippen LogP contribution in [0.1, 0.15) is 49.9 Å². The Labute approximate surface area is 168 Å². The topological polar surface area (TPSA) is 0 Å². The number of benzene rings is 3. The third-order valence-corrected chi connectivity index (χ3v) is 6.08. The number of rotatable bonds is 4. The highest BCUT2D eigenvalue weighted by Crippen LogP contribution is 2.37. The fraction of sp³-hybridized carbons (Fsp3) is 0.250. The molecule has 0 heterocycles. The molecule has 134 valence electrons. The van der Waals surface area contributed by atoms with Crippen LogP contribution in [-0.4, -0.2) is 0 Å². The monoisotopic (exact) mass is 378 g/mol. The fourth-order valence-electron chi connectivity index (χ4n) is 3.39. The molecule has 0 amide bonds. The molecule has 0 saturated carbocycles. The van der Waals surface area contributed by atoms with Gasteiger partial charge in [0, 0.05) is 20.6 Å². The van der Waals surface area contributed by atoms with Crippen LogP contribution in [0.2, 0.25) is 0 Å². The molecule has 3 rings (SSSR count). The summed E-state index contributed by atoms with van der Waals surface area (Å²) in [6.45, 7) is 9.12. The van der Waals surface area contributed by atoms with E-state index in [1.807, 2.05) is 0 Å². The summed E-state index contributed by atoms with van der Waals surface area (Å²) in [7, 11) is 0. The molecule has 2 heteroatoms. The van der Waals surface area contributed by atoms with Crippen molar-refractivity contribution in [2.45, 2.75) is 48.3 Å². The molecule has 0 aliphatic carbocycles. The summed E-state index contributed by atoms with van der Waals surface area (Å²) in [5.41, 5.74) is 5.10. The van der Waals surface area contributed by atoms with E-state index in [1.165, 1.54) is 22.3 Å². The molecular weight excluding hydrogens is 352 g/mol. The largest absolute Gasteiger partial charge is 0.143 e. The molecular formula is C24H26S2. The summed E-state index contributed by atoms with van der Waals surface area (Å²) in [4.78, 5) is 1.99. The second-order valence-corrected chi connectivity index (χ2v) is 8.96. The molecule has 0 aliphatic rings. The Bertz CT molecular complexity index is 816. The van der Waals surface area contributed by atoms with Crippen LogP contribution in [-0.2, 0) is 10.8 Å². The standard InChI is InChI=1S/C24H26S2/c1-23(2,17-8-12-21(25)13-9-17)19-6-5-7-20(16-19)24(3,4)18-10-14-22(26)15-11-18/h5-16,25-26H,1-4H3. The lowest BCUT2D eigenvalue weighted by atomic mass is 9.73. The molecule has 0 nitrogen and oxygen atoms in total. The van der Waals surface area contributed by atoms with Crippen molar-refractivity contribution in [1.82, 2.24) is 0 Å². The summed E-state index contributed by atoms with van der Waals surface area (Å²) >= 11 is 8.82. The predicted molar refractivity (Wildman–Crippen MR) is 118 cm³/mol. The molecule has 3 aromatic rings. The maximum atomic E-state index is 4.41. The normalized spacial score (nSPS) is 12.2. The highest BCUT2D eigenvalue weighted by Gasteiger charge is 2.27. The molecule has 0 saturated heterocycles. The SMILES string of the molecule is CC(C)(c1ccc(S)cc1)c1cccc(C(C)(C)c2ccc(S)cc2)c1. The average molecular weight is 379 g/mol. The highest BCUT2D eigenvalue weighted by atomic mass is 32.1. The Kier molecular flexibility index (Phi) is 5.28. The Morgan fingerprint density at radius 3 is 1.19 bits per heavy atom. The van der Waals surface area contributed by atoms with Gasteiger partial charge in [-0.2, -0.15) is 0 Å². The van der Waals surface area contributed by atoms with E-state index in [9.17, 15) is 0 Å². The Morgan fingerprint density at radius 1 is 0.500 bits per heavy atom. The Balaban J connectivity index is 2.02. The molecule has 0 radical (unpaired) electrons. The van der Waals surface area contributed by atoms with Crippen molar-refractivity contribution in [3.63, 3.8) is 0 Å². The van der Waals surface area contributed by atoms with Crippen molar-refractivity contribution in [2.24, 2.45) is 0 Å². The van der Waals surface area contributed by atoms with Crippen molar-refractivity contribution in [3.05, 3.63) is 95.1 Å². The van der Waals surface area contributed by atoms with Crippen LogP contribution in [0.5, 0.6) is 0 Å². The van der Waals surface area contributed by atoms with E-state index in [2.05, 4.69) is 126 Å². The first-order valence-corrected chi connectivity index (χ1v) is 9.81. The fourth-order valence-corrected chi connectivity index (χ4v) is 3.68. The van der Waals surface area contributed by atoms with E-state index in [4.69, 9.17) is 0 Å². The quantitative estimate of drug-likeness (QED) is 0.452. The first-order chi connectivity index (χ1) is 12.2. The van der Waals surface area contributed by atoms with Gasteiger partial charge in [0.25, 0.3) is 0 Å². The summed E-state index contributed by atoms with van der Waals surface area (Å²) in [6, 6.07) is 25.9. The molecule has 0 N–H and O–H groups in total. The van der Waals surface area contributed by atoms with Gasteiger partial charge in [-0.25, -0.2) is 0 Å². The van der Waals surface area contributed by atoms with E-state index in [0.717, 1.165) is 9.79 Å². The minimum absolute atomic E-state index is 0.0669. The zero-order valence-electron chi connectivity index (χ0n) is 15.8. The molecule has 0 atom stereocenters. The van der Waals surface area contributed by atoms with Crippen molar-refractivity contribution >= 4 is 25.3 Å². The van der Waals surface area contributed by atoms with E-state index in [0.29, 0.717) is 0 Å². The van der Waals surface area contributed by atoms with Crippen LogP contribution in [0.3, 0.4) is 0 Å². The number of thiol groups is 2. The van der Waals surface area contributed by atoms with E-state index < -0.39 is 0 Å². The van der Waals surface area contributed by atoms with Crippen LogP contribution in [0.15, 0.2) is 82.6 Å². The van der Waals surface area contributed by atoms with Crippen molar-refractivity contribution in [1.29, 1.82) is 0 Å². The van der Waals surface area contributed by atoms with Gasteiger partial charge < -0.3 is 0 Å². The molecule has 0 aliphatic heterocycles. The van der Waals surface area contributed by atoms with Gasteiger partial charge in [-0.1, -0.05) is 76.2 Å². The average Bonchev–Trinajstić information content (AvgIpc) is 2.62. The highest BCUT2D eigenvalue weighted by molar-refractivity contribution is 7.80. The molecule has 0 fully saturated rings. The minimum Gasteiger partial charge on any atom is -0.143 e. The lowest BCUT2D eigenvalue weighted by molar-refractivity contribution is 0.617. The Hall–Kier alpha value is -1.64. The van der Waals surface area contributed by atoms with E-state index in [1.54, 1.807) is 0 Å². The molecule has 0 aromatic heterocycles. The van der Waals surface area contributed by atoms with Crippen LogP contribution in [0.25, 0.3) is 0 Å². The third kappa shape index (κ3) is 3.72. The summed E-state index contributed by atoms with van der Waals surface area (Å²) in [5, 5.41) is 0. The zero-order chi connectivity index (χ0) is 18.9. The van der Waals surface area contributed by atoms with E-state index in [-0.39, 0.29) is 10.8 Å². The lowest BCUT2D eigenvalue weighted by Gasteiger charge is -2.31. The van der Waals surface area contributed by atoms with Gasteiger partial charge in [-0.05, 0) is 46.5 Å². The van der Waals surface area contributed by atoms with Crippen molar-refractivity contribution in [2.75, 3.05) is 0 Å². The first-order valence-electron chi connectivity index (χ1n) is 8.91. The number of hydrogen-bond acceptors (Lipinski definition) is 2. The molecule has 26 heavy (non-hydrogen) atoms. The van der Waals surface area contributed by atoms with Crippen LogP contribution >= 0.6 is 25.3 Å². The minimum atomic E-state index is -0.0669. The van der Waals surface area contributed by atoms with Gasteiger partial charge in [0.15, 0.2) is 0 Å². The van der Waals surface area contributed by atoms with Crippen molar-refractivity contribution in [3.8, 4) is 0 Å². The Morgan fingerprint density at radius 2 is 0.846 bits per heavy atom. The van der Waals surface area contributed by atoms with Crippen LogP contribution < -0.4 is 0 Å². The lowest BCUT2D eigenvalue weighted by Crippen LogP contribution is -2.22. The van der Waals surface area contributed by atoms with Crippen LogP contribution in [0, 0.1) is 0 Å². The zero-order valence-corrected chi connectivity index (χ0v) is 17.6. The summed E-state index contributed by atoms with van der Waals surface area (Å²) in [6.07, 6.45) is 0. The molecule has 0 unspecified atom stereocenters. The third-order valence-electron chi connectivity index (χ3n) is 5.48. The molecule has 0 spiro atoms. The molecule has 3 aromatic carbocycles. The second-order valence-electron chi connectivity index (χ2n) is 7.92. The van der Waals surface area contributed by atoms with Gasteiger partial charge in [0.05, 0.1) is 0 Å². The van der Waals surface area contributed by atoms with Gasteiger partial charge in [-0.3, -0.25) is 0 Å². The maximum absolute atomic E-state index is 4.41. The summed E-state index contributed by atoms with van der Waals surface area (Å²) in [5.74, 6) is 0. The van der Waals surface area contributed by atoms with Gasteiger partial charge >= 0.3 is 0 Å². The van der Waals surface area contributed by atoms with Gasteiger partial charge in [0.1, 0.15) is 0 Å². The smallest absolute Gasteiger partial charge is 0.0146 e. The summed E-state index contributed by atoms with van der Waals surface area (Å²) < 4.78 is 0. The first kappa shape index (κ1) is 19.1. The van der Waals surface area contributed by atoms with Gasteiger partial charge in [0.2, 0.25) is 0 Å². The predicted octanol–water partition coefficient (Wildman–Crippen LogP) is 6.92.